The fourth-order valence-electron chi connectivity index (χ4n) is 2.73. The van der Waals surface area contributed by atoms with Gasteiger partial charge >= 0.3 is 0 Å². The van der Waals surface area contributed by atoms with Gasteiger partial charge in [0.15, 0.2) is 11.5 Å². The molecule has 0 N–H and O–H groups in total. The fraction of sp³-hybridized carbons (Fsp3) is 0.286. The van der Waals surface area contributed by atoms with Crippen molar-refractivity contribution in [3.8, 4) is 0 Å². The Kier molecular flexibility index (Phi) is 2.03. The second kappa shape index (κ2) is 3.70. The monoisotopic (exact) mass is 238 g/mol. The number of hydrogen-bond acceptors (Lipinski definition) is 3. The minimum Gasteiger partial charge on any atom is -0.354 e. The van der Waals surface area contributed by atoms with Gasteiger partial charge in [-0.25, -0.2) is 9.97 Å². The molecule has 4 rings (SSSR count). The van der Waals surface area contributed by atoms with Crippen LogP contribution in [0.2, 0.25) is 0 Å². The van der Waals surface area contributed by atoms with E-state index in [1.807, 2.05) is 24.5 Å². The first-order valence-electron chi connectivity index (χ1n) is 6.40. The van der Waals surface area contributed by atoms with Gasteiger partial charge < -0.3 is 4.90 Å². The van der Waals surface area contributed by atoms with Gasteiger partial charge in [0.1, 0.15) is 0 Å². The maximum Gasteiger partial charge on any atom is 0.180 e. The summed E-state index contributed by atoms with van der Waals surface area (Å²) in [6.07, 6.45) is 6.37. The number of nitrogens with zero attached hydrogens (tertiary/aromatic N) is 4. The molecule has 0 saturated carbocycles. The summed E-state index contributed by atoms with van der Waals surface area (Å²) in [6.45, 7) is 2.18. The number of fused-ring (bicyclic) bond motifs is 3. The lowest BCUT2D eigenvalue weighted by molar-refractivity contribution is 0.939. The Bertz CT molecular complexity index is 710. The van der Waals surface area contributed by atoms with Crippen LogP contribution in [0.15, 0.2) is 36.7 Å². The zero-order valence-corrected chi connectivity index (χ0v) is 10.1. The molecule has 1 saturated heterocycles. The molecule has 3 heterocycles. The fourth-order valence-corrected chi connectivity index (χ4v) is 2.73. The zero-order chi connectivity index (χ0) is 11.9. The second-order valence-electron chi connectivity index (χ2n) is 4.74. The van der Waals surface area contributed by atoms with Crippen molar-refractivity contribution in [3.63, 3.8) is 0 Å². The van der Waals surface area contributed by atoms with Crippen LogP contribution in [-0.4, -0.2) is 27.5 Å². The second-order valence-corrected chi connectivity index (χ2v) is 4.74. The quantitative estimate of drug-likeness (QED) is 0.653. The summed E-state index contributed by atoms with van der Waals surface area (Å²) in [7, 11) is 0. The third kappa shape index (κ3) is 1.32. The number of anilines is 1. The lowest BCUT2D eigenvalue weighted by Crippen LogP contribution is -2.20. The van der Waals surface area contributed by atoms with Crippen molar-refractivity contribution in [1.82, 2.24) is 14.4 Å². The van der Waals surface area contributed by atoms with Crippen LogP contribution in [0.4, 0.5) is 5.82 Å². The van der Waals surface area contributed by atoms with E-state index in [9.17, 15) is 0 Å². The van der Waals surface area contributed by atoms with Gasteiger partial charge in [0.25, 0.3) is 0 Å². The summed E-state index contributed by atoms with van der Waals surface area (Å²) in [5.41, 5.74) is 3.12. The zero-order valence-electron chi connectivity index (χ0n) is 10.1. The van der Waals surface area contributed by atoms with Crippen LogP contribution in [0.3, 0.4) is 0 Å². The molecule has 90 valence electrons. The van der Waals surface area contributed by atoms with Crippen molar-refractivity contribution in [1.29, 1.82) is 0 Å². The maximum atomic E-state index is 4.80. The Labute approximate surface area is 105 Å². The Morgan fingerprint density at radius 1 is 1.06 bits per heavy atom. The molecule has 1 aliphatic heterocycles. The molecule has 2 aromatic heterocycles. The van der Waals surface area contributed by atoms with E-state index < -0.39 is 0 Å². The van der Waals surface area contributed by atoms with Gasteiger partial charge in [-0.3, -0.25) is 4.40 Å². The van der Waals surface area contributed by atoms with Crippen molar-refractivity contribution in [3.05, 3.63) is 36.7 Å². The van der Waals surface area contributed by atoms with Crippen LogP contribution in [-0.2, 0) is 0 Å². The van der Waals surface area contributed by atoms with Gasteiger partial charge in [0.05, 0.1) is 11.0 Å². The van der Waals surface area contributed by atoms with Gasteiger partial charge in [-0.05, 0) is 25.0 Å². The summed E-state index contributed by atoms with van der Waals surface area (Å²) in [6, 6.07) is 8.23. The molecule has 0 atom stereocenters. The Morgan fingerprint density at radius 2 is 1.89 bits per heavy atom. The summed E-state index contributed by atoms with van der Waals surface area (Å²) in [4.78, 5) is 11.6. The van der Waals surface area contributed by atoms with E-state index in [0.29, 0.717) is 0 Å². The van der Waals surface area contributed by atoms with Gasteiger partial charge in [0, 0.05) is 25.5 Å². The molecule has 1 fully saturated rings. The highest BCUT2D eigenvalue weighted by Gasteiger charge is 2.18. The van der Waals surface area contributed by atoms with Crippen molar-refractivity contribution in [2.24, 2.45) is 0 Å². The predicted molar refractivity (Wildman–Crippen MR) is 71.9 cm³/mol. The molecule has 18 heavy (non-hydrogen) atoms. The first-order valence-corrected chi connectivity index (χ1v) is 6.40. The summed E-state index contributed by atoms with van der Waals surface area (Å²) < 4.78 is 2.13. The molecule has 0 bridgehead atoms. The molecule has 0 unspecified atom stereocenters. The Hall–Kier alpha value is -2.10. The third-order valence-electron chi connectivity index (χ3n) is 3.61. The van der Waals surface area contributed by atoms with Crippen LogP contribution in [0.5, 0.6) is 0 Å². The van der Waals surface area contributed by atoms with Crippen molar-refractivity contribution >= 4 is 22.5 Å². The van der Waals surface area contributed by atoms with Crippen LogP contribution in [0.1, 0.15) is 12.8 Å². The standard InChI is InChI=1S/C14H14N4/c1-2-6-12-11(5-1)16-14(17-8-3-4-9-17)13-15-7-10-18(12)13/h1-2,5-7,10H,3-4,8-9H2. The molecule has 4 nitrogen and oxygen atoms in total. The Morgan fingerprint density at radius 3 is 2.78 bits per heavy atom. The first-order chi connectivity index (χ1) is 8.93. The SMILES string of the molecule is c1ccc2c(c1)nc(N1CCCC1)c1nccn12. The predicted octanol–water partition coefficient (Wildman–Crippen LogP) is 2.48. The highest BCUT2D eigenvalue weighted by Crippen LogP contribution is 2.25. The lowest BCUT2D eigenvalue weighted by atomic mass is 10.3. The van der Waals surface area contributed by atoms with Crippen molar-refractivity contribution in [2.75, 3.05) is 18.0 Å². The van der Waals surface area contributed by atoms with Gasteiger partial charge in [-0.15, -0.1) is 0 Å². The number of benzene rings is 1. The van der Waals surface area contributed by atoms with Crippen LogP contribution in [0, 0.1) is 0 Å². The van der Waals surface area contributed by atoms with Gasteiger partial charge in [0.2, 0.25) is 0 Å². The van der Waals surface area contributed by atoms with E-state index in [1.165, 1.54) is 12.8 Å². The summed E-state index contributed by atoms with van der Waals surface area (Å²) >= 11 is 0. The molecule has 0 amide bonds. The van der Waals surface area contributed by atoms with Gasteiger partial charge in [-0.1, -0.05) is 12.1 Å². The first kappa shape index (κ1) is 9.88. The van der Waals surface area contributed by atoms with Crippen molar-refractivity contribution < 1.29 is 0 Å². The van der Waals surface area contributed by atoms with Crippen LogP contribution < -0.4 is 4.90 Å². The topological polar surface area (TPSA) is 33.4 Å². The van der Waals surface area contributed by atoms with Gasteiger partial charge in [-0.2, -0.15) is 0 Å². The molecule has 1 aromatic carbocycles. The molecular formula is C14H14N4. The average Bonchev–Trinajstić information content (AvgIpc) is 3.09. The van der Waals surface area contributed by atoms with Crippen LogP contribution >= 0.6 is 0 Å². The van der Waals surface area contributed by atoms with E-state index in [2.05, 4.69) is 26.4 Å². The summed E-state index contributed by atoms with van der Waals surface area (Å²) in [5, 5.41) is 0. The van der Waals surface area contributed by atoms with Crippen molar-refractivity contribution in [2.45, 2.75) is 12.8 Å². The normalized spacial score (nSPS) is 15.9. The highest BCUT2D eigenvalue weighted by atomic mass is 15.2. The summed E-state index contributed by atoms with van der Waals surface area (Å²) in [5.74, 6) is 1.02. The highest BCUT2D eigenvalue weighted by molar-refractivity contribution is 5.83. The van der Waals surface area contributed by atoms with E-state index in [-0.39, 0.29) is 0 Å². The molecule has 3 aromatic rings. The molecule has 0 radical (unpaired) electrons. The molecule has 4 heteroatoms. The van der Waals surface area contributed by atoms with E-state index in [4.69, 9.17) is 4.98 Å². The number of para-hydroxylation sites is 2. The Balaban J connectivity index is 2.07. The number of imidazole rings is 1. The molecule has 0 aliphatic carbocycles. The molecular weight excluding hydrogens is 224 g/mol. The molecule has 0 spiro atoms. The number of aromatic nitrogens is 3. The number of hydrogen-bond donors (Lipinski definition) is 0. The minimum atomic E-state index is 0.968. The average molecular weight is 238 g/mol. The maximum absolute atomic E-state index is 4.80. The lowest BCUT2D eigenvalue weighted by Gasteiger charge is -2.17. The largest absolute Gasteiger partial charge is 0.354 e. The number of rotatable bonds is 1. The van der Waals surface area contributed by atoms with Crippen LogP contribution in [0.25, 0.3) is 16.7 Å². The van der Waals surface area contributed by atoms with E-state index in [1.54, 1.807) is 0 Å². The minimum absolute atomic E-state index is 0.968. The smallest absolute Gasteiger partial charge is 0.180 e. The third-order valence-corrected chi connectivity index (χ3v) is 3.61. The molecule has 1 aliphatic rings. The van der Waals surface area contributed by atoms with E-state index in [0.717, 1.165) is 35.6 Å². The van der Waals surface area contributed by atoms with E-state index >= 15 is 0 Å².